The Hall–Kier alpha value is -0.830. The fourth-order valence-corrected chi connectivity index (χ4v) is 3.62. The molecule has 1 aromatic carbocycles. The maximum absolute atomic E-state index is 11.3. The zero-order chi connectivity index (χ0) is 11.5. The summed E-state index contributed by atoms with van der Waals surface area (Å²) in [5, 5.41) is -0.188. The van der Waals surface area contributed by atoms with E-state index in [1.54, 1.807) is 0 Å². The van der Waals surface area contributed by atoms with Gasteiger partial charge in [0.1, 0.15) is 10.7 Å². The molecule has 3 heteroatoms. The fraction of sp³-hybridized carbons (Fsp3) is 0.462. The van der Waals surface area contributed by atoms with Crippen molar-refractivity contribution in [1.29, 1.82) is 0 Å². The fourth-order valence-electron chi connectivity index (χ4n) is 2.62. The molecule has 0 saturated heterocycles. The Morgan fingerprint density at radius 1 is 1.12 bits per heavy atom. The number of hydrogen-bond acceptors (Lipinski definition) is 2. The van der Waals surface area contributed by atoms with Crippen molar-refractivity contribution in [3.8, 4) is 0 Å². The molecule has 1 saturated carbocycles. The average Bonchev–Trinajstić information content (AvgIpc) is 2.29. The van der Waals surface area contributed by atoms with Gasteiger partial charge in [-0.15, -0.1) is 0 Å². The molecule has 2 nitrogen and oxygen atoms in total. The van der Waals surface area contributed by atoms with Crippen molar-refractivity contribution in [2.24, 2.45) is 0 Å². The van der Waals surface area contributed by atoms with Gasteiger partial charge in [-0.3, -0.25) is 0 Å². The molecule has 2 atom stereocenters. The molecule has 1 radical (unpaired) electrons. The average molecular weight is 237 g/mol. The van der Waals surface area contributed by atoms with Crippen molar-refractivity contribution >= 4 is 10.7 Å². The molecule has 1 aliphatic rings. The predicted octanol–water partition coefficient (Wildman–Crippen LogP) is 2.51. The van der Waals surface area contributed by atoms with Gasteiger partial charge in [0, 0.05) is 5.92 Å². The Balaban J connectivity index is 2.34. The highest BCUT2D eigenvalue weighted by Crippen LogP contribution is 2.36. The van der Waals surface area contributed by atoms with Crippen LogP contribution in [-0.2, 0) is 10.7 Å². The first-order valence-corrected chi connectivity index (χ1v) is 6.99. The number of hydrogen-bond donors (Lipinski definition) is 1. The molecule has 0 aliphatic heterocycles. The lowest BCUT2D eigenvalue weighted by atomic mass is 9.82. The van der Waals surface area contributed by atoms with E-state index in [0.717, 1.165) is 36.8 Å². The van der Waals surface area contributed by atoms with Crippen molar-refractivity contribution in [2.45, 2.75) is 36.9 Å². The van der Waals surface area contributed by atoms with Gasteiger partial charge in [0.15, 0.2) is 0 Å². The molecule has 2 unspecified atom stereocenters. The van der Waals surface area contributed by atoms with E-state index in [4.69, 9.17) is 0 Å². The van der Waals surface area contributed by atoms with Crippen LogP contribution in [0.4, 0.5) is 0 Å². The lowest BCUT2D eigenvalue weighted by molar-refractivity contribution is 0.439. The van der Waals surface area contributed by atoms with Crippen LogP contribution in [0.15, 0.2) is 24.3 Å². The van der Waals surface area contributed by atoms with Crippen LogP contribution >= 0.6 is 0 Å². The molecule has 1 fully saturated rings. The Labute approximate surface area is 98.6 Å². The molecule has 0 amide bonds. The van der Waals surface area contributed by atoms with Crippen molar-refractivity contribution in [3.63, 3.8) is 0 Å². The molecule has 1 aliphatic carbocycles. The van der Waals surface area contributed by atoms with Gasteiger partial charge in [0.05, 0.1) is 5.25 Å². The Bertz CT molecular complexity index is 429. The van der Waals surface area contributed by atoms with E-state index >= 15 is 0 Å². The van der Waals surface area contributed by atoms with Crippen LogP contribution < -0.4 is 0 Å². The third-order valence-corrected chi connectivity index (χ3v) is 4.61. The highest BCUT2D eigenvalue weighted by Gasteiger charge is 2.29. The van der Waals surface area contributed by atoms with E-state index in [1.807, 2.05) is 24.3 Å². The Morgan fingerprint density at radius 3 is 2.50 bits per heavy atom. The molecule has 0 spiro atoms. The van der Waals surface area contributed by atoms with Gasteiger partial charge in [0.2, 0.25) is 0 Å². The minimum absolute atomic E-state index is 0.156. The van der Waals surface area contributed by atoms with Crippen LogP contribution in [0.3, 0.4) is 0 Å². The van der Waals surface area contributed by atoms with Gasteiger partial charge >= 0.3 is 0 Å². The van der Waals surface area contributed by atoms with E-state index in [1.165, 1.54) is 0 Å². The first-order chi connectivity index (χ1) is 7.70. The first-order valence-electron chi connectivity index (χ1n) is 5.74. The Kier molecular flexibility index (Phi) is 3.64. The molecule has 0 aromatic heterocycles. The summed E-state index contributed by atoms with van der Waals surface area (Å²) >= 11 is 0. The van der Waals surface area contributed by atoms with Gasteiger partial charge in [-0.2, -0.15) is 0 Å². The maximum Gasteiger partial charge on any atom is 0.143 e. The minimum atomic E-state index is -2.32. The minimum Gasteiger partial charge on any atom is -0.232 e. The zero-order valence-corrected chi connectivity index (χ0v) is 10.2. The second-order valence-electron chi connectivity index (χ2n) is 4.44. The molecule has 87 valence electrons. The molecule has 0 heterocycles. The summed E-state index contributed by atoms with van der Waals surface area (Å²) < 4.78 is 22.5. The third kappa shape index (κ3) is 2.29. The van der Waals surface area contributed by atoms with Crippen molar-refractivity contribution in [1.82, 2.24) is 0 Å². The molecular formula is C13H17O2S. The van der Waals surface area contributed by atoms with E-state index in [9.17, 15) is 8.42 Å². The summed E-state index contributed by atoms with van der Waals surface area (Å²) in [6.45, 7) is 3.99. The topological polar surface area (TPSA) is 34.1 Å². The van der Waals surface area contributed by atoms with E-state index in [0.29, 0.717) is 0 Å². The number of thiol groups is 1. The summed E-state index contributed by atoms with van der Waals surface area (Å²) in [4.78, 5) is 0. The predicted molar refractivity (Wildman–Crippen MR) is 66.2 cm³/mol. The van der Waals surface area contributed by atoms with Crippen LogP contribution in [0.2, 0.25) is 0 Å². The van der Waals surface area contributed by atoms with Gasteiger partial charge < -0.3 is 0 Å². The number of rotatable bonds is 2. The lowest BCUT2D eigenvalue weighted by Gasteiger charge is -2.28. The SMILES string of the molecule is [CH2]c1ccccc1C1CCCCC1[SH](=O)=O. The highest BCUT2D eigenvalue weighted by molar-refractivity contribution is 7.73. The summed E-state index contributed by atoms with van der Waals surface area (Å²) in [7, 11) is -2.32. The molecule has 1 aromatic rings. The monoisotopic (exact) mass is 237 g/mol. The van der Waals surface area contributed by atoms with Gasteiger partial charge in [0.25, 0.3) is 0 Å². The summed E-state index contributed by atoms with van der Waals surface area (Å²) in [5.74, 6) is 0.156. The standard InChI is InChI=1S/C13H17O2S/c1-10-6-2-3-7-11(10)12-8-4-5-9-13(12)16(14)15/h2-3,6-7,12-13,16H,1,4-5,8-9H2. The molecule has 2 rings (SSSR count). The van der Waals surface area contributed by atoms with Crippen LogP contribution in [-0.4, -0.2) is 13.7 Å². The van der Waals surface area contributed by atoms with Crippen molar-refractivity contribution in [3.05, 3.63) is 42.3 Å². The third-order valence-electron chi connectivity index (χ3n) is 3.45. The second-order valence-corrected chi connectivity index (χ2v) is 5.68. The van der Waals surface area contributed by atoms with E-state index in [-0.39, 0.29) is 11.2 Å². The number of benzene rings is 1. The lowest BCUT2D eigenvalue weighted by Crippen LogP contribution is -2.25. The maximum atomic E-state index is 11.3. The smallest absolute Gasteiger partial charge is 0.143 e. The van der Waals surface area contributed by atoms with Crippen molar-refractivity contribution < 1.29 is 8.42 Å². The van der Waals surface area contributed by atoms with Gasteiger partial charge in [-0.1, -0.05) is 37.1 Å². The highest BCUT2D eigenvalue weighted by atomic mass is 32.2. The zero-order valence-electron chi connectivity index (χ0n) is 9.26. The van der Waals surface area contributed by atoms with Gasteiger partial charge in [-0.05, 0) is 30.9 Å². The van der Waals surface area contributed by atoms with Crippen LogP contribution in [0.25, 0.3) is 0 Å². The molecular weight excluding hydrogens is 220 g/mol. The summed E-state index contributed by atoms with van der Waals surface area (Å²) in [5.41, 5.74) is 2.09. The quantitative estimate of drug-likeness (QED) is 0.802. The summed E-state index contributed by atoms with van der Waals surface area (Å²) in [6, 6.07) is 7.89. The van der Waals surface area contributed by atoms with Gasteiger partial charge in [-0.25, -0.2) is 8.42 Å². The van der Waals surface area contributed by atoms with E-state index in [2.05, 4.69) is 6.92 Å². The van der Waals surface area contributed by atoms with Crippen LogP contribution in [0.1, 0.15) is 42.7 Å². The van der Waals surface area contributed by atoms with Crippen molar-refractivity contribution in [2.75, 3.05) is 0 Å². The first kappa shape index (κ1) is 11.6. The summed E-state index contributed by atoms with van der Waals surface area (Å²) in [6.07, 6.45) is 3.93. The molecule has 0 N–H and O–H groups in total. The molecule has 0 bridgehead atoms. The normalized spacial score (nSPS) is 25.9. The second kappa shape index (κ2) is 5.00. The Morgan fingerprint density at radius 2 is 1.81 bits per heavy atom. The van der Waals surface area contributed by atoms with E-state index < -0.39 is 10.7 Å². The largest absolute Gasteiger partial charge is 0.232 e. The van der Waals surface area contributed by atoms with Crippen LogP contribution in [0, 0.1) is 6.92 Å². The molecule has 16 heavy (non-hydrogen) atoms. The van der Waals surface area contributed by atoms with Crippen LogP contribution in [0.5, 0.6) is 0 Å².